The van der Waals surface area contributed by atoms with E-state index in [-0.39, 0.29) is 11.3 Å². The van der Waals surface area contributed by atoms with Gasteiger partial charge in [-0.05, 0) is 24.3 Å². The number of phenolic OH excluding ortho intramolecular Hbond substituents is 1. The zero-order valence-electron chi connectivity index (χ0n) is 8.05. The van der Waals surface area contributed by atoms with Gasteiger partial charge in [0.1, 0.15) is 11.6 Å². The number of benzene rings is 2. The average molecular weight is 302 g/mol. The molecule has 0 aliphatic rings. The molecule has 0 heterocycles. The van der Waals surface area contributed by atoms with Crippen LogP contribution in [0.5, 0.6) is 5.75 Å². The van der Waals surface area contributed by atoms with E-state index in [9.17, 15) is 9.50 Å². The Morgan fingerprint density at radius 2 is 1.75 bits per heavy atom. The van der Waals surface area contributed by atoms with Gasteiger partial charge in [0.25, 0.3) is 0 Å². The Kier molecular flexibility index (Phi) is 3.17. The van der Waals surface area contributed by atoms with E-state index in [0.29, 0.717) is 15.1 Å². The molecule has 82 valence electrons. The molecular formula is C12H7BrClFO. The molecule has 0 atom stereocenters. The average Bonchev–Trinajstić information content (AvgIpc) is 2.21. The number of hydrogen-bond acceptors (Lipinski definition) is 1. The van der Waals surface area contributed by atoms with E-state index in [1.54, 1.807) is 24.3 Å². The first-order chi connectivity index (χ1) is 7.61. The Bertz CT molecular complexity index is 453. The molecule has 2 aromatic rings. The number of halogens is 3. The maximum atomic E-state index is 13.7. The van der Waals surface area contributed by atoms with Gasteiger partial charge >= 0.3 is 0 Å². The molecule has 0 aromatic heterocycles. The van der Waals surface area contributed by atoms with E-state index < -0.39 is 5.82 Å². The highest BCUT2D eigenvalue weighted by molar-refractivity contribution is 9.10. The van der Waals surface area contributed by atoms with Crippen molar-refractivity contribution in [3.05, 3.63) is 51.7 Å². The second-order valence-corrected chi connectivity index (χ2v) is 4.49. The molecule has 0 fully saturated rings. The van der Waals surface area contributed by atoms with Gasteiger partial charge in [0, 0.05) is 15.6 Å². The maximum absolute atomic E-state index is 13.7. The van der Waals surface area contributed by atoms with Gasteiger partial charge in [-0.3, -0.25) is 0 Å². The minimum absolute atomic E-state index is 0.0432. The van der Waals surface area contributed by atoms with Gasteiger partial charge in [-0.25, -0.2) is 4.39 Å². The molecule has 2 aromatic carbocycles. The first kappa shape index (κ1) is 11.4. The summed E-state index contributed by atoms with van der Waals surface area (Å²) in [5.74, 6) is -0.476. The highest BCUT2D eigenvalue weighted by atomic mass is 79.9. The van der Waals surface area contributed by atoms with Gasteiger partial charge in [0.2, 0.25) is 0 Å². The SMILES string of the molecule is Oc1cccc(Cl)c1-c1c(F)cccc1Br. The molecule has 16 heavy (non-hydrogen) atoms. The molecule has 0 radical (unpaired) electrons. The molecule has 0 saturated carbocycles. The van der Waals surface area contributed by atoms with E-state index in [1.807, 2.05) is 0 Å². The van der Waals surface area contributed by atoms with Crippen molar-refractivity contribution in [1.82, 2.24) is 0 Å². The molecule has 0 bridgehead atoms. The van der Waals surface area contributed by atoms with Crippen molar-refractivity contribution in [2.45, 2.75) is 0 Å². The molecule has 0 aliphatic heterocycles. The van der Waals surface area contributed by atoms with Crippen LogP contribution in [0.4, 0.5) is 4.39 Å². The van der Waals surface area contributed by atoms with Crippen molar-refractivity contribution in [2.75, 3.05) is 0 Å². The summed E-state index contributed by atoms with van der Waals surface area (Å²) in [6, 6.07) is 9.28. The van der Waals surface area contributed by atoms with Crippen LogP contribution in [0.15, 0.2) is 40.9 Å². The Morgan fingerprint density at radius 1 is 1.06 bits per heavy atom. The summed E-state index contributed by atoms with van der Waals surface area (Å²) in [6.45, 7) is 0. The lowest BCUT2D eigenvalue weighted by Gasteiger charge is -2.10. The summed E-state index contributed by atoms with van der Waals surface area (Å²) in [4.78, 5) is 0. The number of rotatable bonds is 1. The molecule has 0 saturated heterocycles. The molecule has 0 amide bonds. The van der Waals surface area contributed by atoms with Crippen LogP contribution in [-0.2, 0) is 0 Å². The normalized spacial score (nSPS) is 10.4. The van der Waals surface area contributed by atoms with Gasteiger partial charge in [0.15, 0.2) is 0 Å². The van der Waals surface area contributed by atoms with Crippen molar-refractivity contribution >= 4 is 27.5 Å². The van der Waals surface area contributed by atoms with Crippen molar-refractivity contribution < 1.29 is 9.50 Å². The third-order valence-corrected chi connectivity index (χ3v) is 3.18. The Morgan fingerprint density at radius 3 is 2.38 bits per heavy atom. The van der Waals surface area contributed by atoms with Crippen LogP contribution in [-0.4, -0.2) is 5.11 Å². The van der Waals surface area contributed by atoms with E-state index in [2.05, 4.69) is 15.9 Å². The van der Waals surface area contributed by atoms with Crippen LogP contribution >= 0.6 is 27.5 Å². The third-order valence-electron chi connectivity index (χ3n) is 2.20. The fourth-order valence-electron chi connectivity index (χ4n) is 1.50. The van der Waals surface area contributed by atoms with Gasteiger partial charge in [-0.2, -0.15) is 0 Å². The third kappa shape index (κ3) is 1.93. The molecule has 0 unspecified atom stereocenters. The van der Waals surface area contributed by atoms with E-state index >= 15 is 0 Å². The van der Waals surface area contributed by atoms with Crippen LogP contribution in [0, 0.1) is 5.82 Å². The van der Waals surface area contributed by atoms with Crippen molar-refractivity contribution in [3.63, 3.8) is 0 Å². The smallest absolute Gasteiger partial charge is 0.132 e. The second-order valence-electron chi connectivity index (χ2n) is 3.23. The lowest BCUT2D eigenvalue weighted by Crippen LogP contribution is -1.87. The van der Waals surface area contributed by atoms with Gasteiger partial charge in [0.05, 0.1) is 5.02 Å². The fourth-order valence-corrected chi connectivity index (χ4v) is 2.30. The Balaban J connectivity index is 2.77. The van der Waals surface area contributed by atoms with Crippen molar-refractivity contribution in [1.29, 1.82) is 0 Å². The molecule has 1 nitrogen and oxygen atoms in total. The molecule has 0 spiro atoms. The van der Waals surface area contributed by atoms with Crippen LogP contribution in [0.1, 0.15) is 0 Å². The first-order valence-electron chi connectivity index (χ1n) is 4.53. The monoisotopic (exact) mass is 300 g/mol. The highest BCUT2D eigenvalue weighted by Gasteiger charge is 2.15. The van der Waals surface area contributed by atoms with Gasteiger partial charge < -0.3 is 5.11 Å². The highest BCUT2D eigenvalue weighted by Crippen LogP contribution is 2.40. The summed E-state index contributed by atoms with van der Waals surface area (Å²) in [7, 11) is 0. The topological polar surface area (TPSA) is 20.2 Å². The van der Waals surface area contributed by atoms with Crippen LogP contribution in [0.2, 0.25) is 5.02 Å². The van der Waals surface area contributed by atoms with Crippen LogP contribution in [0.3, 0.4) is 0 Å². The fraction of sp³-hybridized carbons (Fsp3) is 0. The Labute approximate surface area is 106 Å². The van der Waals surface area contributed by atoms with Crippen LogP contribution in [0.25, 0.3) is 11.1 Å². The second kappa shape index (κ2) is 4.44. The largest absolute Gasteiger partial charge is 0.507 e. The van der Waals surface area contributed by atoms with Crippen LogP contribution < -0.4 is 0 Å². The molecule has 4 heteroatoms. The van der Waals surface area contributed by atoms with Crippen molar-refractivity contribution in [2.24, 2.45) is 0 Å². The molecular weight excluding hydrogens is 294 g/mol. The Hall–Kier alpha value is -1.06. The standard InChI is InChI=1S/C12H7BrClFO/c13-7-3-1-5-9(15)11(7)12-8(14)4-2-6-10(12)16/h1-6,16H. The maximum Gasteiger partial charge on any atom is 0.132 e. The summed E-state index contributed by atoms with van der Waals surface area (Å²) in [6.07, 6.45) is 0. The number of hydrogen-bond donors (Lipinski definition) is 1. The minimum Gasteiger partial charge on any atom is -0.507 e. The summed E-state index contributed by atoms with van der Waals surface area (Å²) >= 11 is 9.20. The van der Waals surface area contributed by atoms with E-state index in [1.165, 1.54) is 12.1 Å². The quantitative estimate of drug-likeness (QED) is 0.815. The first-order valence-corrected chi connectivity index (χ1v) is 5.70. The van der Waals surface area contributed by atoms with Gasteiger partial charge in [-0.15, -0.1) is 0 Å². The van der Waals surface area contributed by atoms with E-state index in [0.717, 1.165) is 0 Å². The zero-order chi connectivity index (χ0) is 11.7. The predicted molar refractivity (Wildman–Crippen MR) is 66.2 cm³/mol. The minimum atomic E-state index is -0.433. The molecule has 0 aliphatic carbocycles. The summed E-state index contributed by atoms with van der Waals surface area (Å²) in [5, 5.41) is 10.0. The summed E-state index contributed by atoms with van der Waals surface area (Å²) < 4.78 is 14.2. The molecule has 2 rings (SSSR count). The predicted octanol–water partition coefficient (Wildman–Crippen LogP) is 4.61. The number of aromatic hydroxyl groups is 1. The summed E-state index contributed by atoms with van der Waals surface area (Å²) in [5.41, 5.74) is 0.569. The van der Waals surface area contributed by atoms with E-state index in [4.69, 9.17) is 11.6 Å². The molecule has 1 N–H and O–H groups in total. The lowest BCUT2D eigenvalue weighted by molar-refractivity contribution is 0.476. The number of phenols is 1. The van der Waals surface area contributed by atoms with Gasteiger partial charge in [-0.1, -0.05) is 39.7 Å². The lowest BCUT2D eigenvalue weighted by atomic mass is 10.0. The van der Waals surface area contributed by atoms with Crippen molar-refractivity contribution in [3.8, 4) is 16.9 Å². The zero-order valence-corrected chi connectivity index (χ0v) is 10.4.